The number of carbonyl (C=O) groups is 1. The first-order valence-electron chi connectivity index (χ1n) is 8.26. The van der Waals surface area contributed by atoms with Gasteiger partial charge in [-0.25, -0.2) is 4.98 Å². The number of imidazole rings is 1. The number of nitrogens with zero attached hydrogens (tertiary/aromatic N) is 5. The quantitative estimate of drug-likeness (QED) is 0.558. The molecule has 0 radical (unpaired) electrons. The summed E-state index contributed by atoms with van der Waals surface area (Å²) in [6.07, 6.45) is 5.37. The van der Waals surface area contributed by atoms with Crippen LogP contribution in [0.5, 0.6) is 0 Å². The lowest BCUT2D eigenvalue weighted by Gasteiger charge is -2.05. The van der Waals surface area contributed by atoms with Crippen molar-refractivity contribution in [3.05, 3.63) is 71.8 Å². The number of rotatable bonds is 6. The van der Waals surface area contributed by atoms with E-state index in [-0.39, 0.29) is 18.3 Å². The van der Waals surface area contributed by atoms with Crippen LogP contribution in [-0.4, -0.2) is 30.8 Å². The van der Waals surface area contributed by atoms with Gasteiger partial charge in [-0.1, -0.05) is 22.4 Å². The Kier molecular flexibility index (Phi) is 4.48. The Bertz CT molecular complexity index is 1030. The predicted octanol–water partition coefficient (Wildman–Crippen LogP) is 2.21. The van der Waals surface area contributed by atoms with Crippen molar-refractivity contribution in [3.8, 4) is 11.5 Å². The summed E-state index contributed by atoms with van der Waals surface area (Å²) >= 11 is 0. The van der Waals surface area contributed by atoms with Crippen molar-refractivity contribution < 1.29 is 13.8 Å². The van der Waals surface area contributed by atoms with Gasteiger partial charge in [0.05, 0.1) is 12.9 Å². The number of hydrogen-bond donors (Lipinski definition) is 1. The summed E-state index contributed by atoms with van der Waals surface area (Å²) in [7, 11) is 0. The van der Waals surface area contributed by atoms with Crippen LogP contribution in [0.15, 0.2) is 58.1 Å². The number of aryl methyl sites for hydroxylation is 1. The summed E-state index contributed by atoms with van der Waals surface area (Å²) in [4.78, 5) is 20.5. The van der Waals surface area contributed by atoms with Crippen LogP contribution in [-0.2, 0) is 13.1 Å². The predicted molar refractivity (Wildman–Crippen MR) is 93.5 cm³/mol. The summed E-state index contributed by atoms with van der Waals surface area (Å²) in [6.45, 7) is 2.60. The number of nitrogens with one attached hydrogen (secondary N) is 1. The smallest absolute Gasteiger partial charge is 0.251 e. The first-order valence-corrected chi connectivity index (χ1v) is 8.26. The molecule has 0 saturated carbocycles. The lowest BCUT2D eigenvalue weighted by Crippen LogP contribution is -2.22. The Morgan fingerprint density at radius 2 is 2.04 bits per heavy atom. The second-order valence-electron chi connectivity index (χ2n) is 5.95. The minimum absolute atomic E-state index is 0.124. The van der Waals surface area contributed by atoms with Crippen molar-refractivity contribution in [2.24, 2.45) is 0 Å². The molecule has 0 aliphatic heterocycles. The fourth-order valence-electron chi connectivity index (χ4n) is 2.51. The third-order valence-corrected chi connectivity index (χ3v) is 3.87. The van der Waals surface area contributed by atoms with Gasteiger partial charge in [-0.2, -0.15) is 4.98 Å². The number of hydrogen-bond acceptors (Lipinski definition) is 7. The van der Waals surface area contributed by atoms with E-state index in [9.17, 15) is 4.79 Å². The van der Waals surface area contributed by atoms with E-state index >= 15 is 0 Å². The van der Waals surface area contributed by atoms with Crippen LogP contribution in [0.1, 0.15) is 27.6 Å². The van der Waals surface area contributed by atoms with E-state index in [1.165, 1.54) is 0 Å². The normalized spacial score (nSPS) is 10.9. The van der Waals surface area contributed by atoms with Gasteiger partial charge < -0.3 is 18.9 Å². The Morgan fingerprint density at radius 3 is 2.74 bits per heavy atom. The Morgan fingerprint density at radius 1 is 1.19 bits per heavy atom. The summed E-state index contributed by atoms with van der Waals surface area (Å²) in [5.74, 6) is 1.04. The van der Waals surface area contributed by atoms with Gasteiger partial charge in [-0.15, -0.1) is 0 Å². The molecule has 4 aromatic rings. The fourth-order valence-corrected chi connectivity index (χ4v) is 2.51. The van der Waals surface area contributed by atoms with Crippen molar-refractivity contribution in [1.29, 1.82) is 0 Å². The molecule has 3 aromatic heterocycles. The monoisotopic (exact) mass is 364 g/mol. The summed E-state index contributed by atoms with van der Waals surface area (Å²) in [5, 5.41) is 10.4. The lowest BCUT2D eigenvalue weighted by atomic mass is 10.1. The molecule has 0 saturated heterocycles. The van der Waals surface area contributed by atoms with Crippen LogP contribution in [0.3, 0.4) is 0 Å². The van der Waals surface area contributed by atoms with Crippen LogP contribution < -0.4 is 5.32 Å². The van der Waals surface area contributed by atoms with Gasteiger partial charge in [0.25, 0.3) is 5.91 Å². The minimum atomic E-state index is -0.221. The van der Waals surface area contributed by atoms with Crippen molar-refractivity contribution in [1.82, 2.24) is 30.2 Å². The Balaban J connectivity index is 1.34. The van der Waals surface area contributed by atoms with Gasteiger partial charge in [0.1, 0.15) is 5.76 Å². The van der Waals surface area contributed by atoms with Crippen molar-refractivity contribution in [2.45, 2.75) is 20.0 Å². The van der Waals surface area contributed by atoms with Crippen LogP contribution >= 0.6 is 0 Å². The zero-order chi connectivity index (χ0) is 18.6. The van der Waals surface area contributed by atoms with E-state index in [0.29, 0.717) is 29.4 Å². The van der Waals surface area contributed by atoms with Crippen LogP contribution in [0.2, 0.25) is 0 Å². The van der Waals surface area contributed by atoms with Crippen molar-refractivity contribution >= 4 is 5.91 Å². The van der Waals surface area contributed by atoms with Gasteiger partial charge in [-0.05, 0) is 24.6 Å². The molecule has 1 N–H and O–H groups in total. The fraction of sp³-hybridized carbons (Fsp3) is 0.167. The van der Waals surface area contributed by atoms with E-state index in [0.717, 1.165) is 5.56 Å². The highest BCUT2D eigenvalue weighted by Crippen LogP contribution is 2.15. The topological polar surface area (TPSA) is 112 Å². The van der Waals surface area contributed by atoms with E-state index in [4.69, 9.17) is 9.05 Å². The molecule has 0 aliphatic rings. The summed E-state index contributed by atoms with van der Waals surface area (Å²) in [5.41, 5.74) is 2.12. The maximum absolute atomic E-state index is 12.3. The molecular formula is C18H16N6O3. The molecule has 4 rings (SSSR count). The third kappa shape index (κ3) is 3.92. The van der Waals surface area contributed by atoms with Crippen LogP contribution in [0, 0.1) is 6.92 Å². The second kappa shape index (κ2) is 7.24. The lowest BCUT2D eigenvalue weighted by molar-refractivity contribution is 0.0946. The molecule has 0 aliphatic carbocycles. The third-order valence-electron chi connectivity index (χ3n) is 3.87. The van der Waals surface area contributed by atoms with Gasteiger partial charge in [0.2, 0.25) is 11.7 Å². The molecule has 0 fully saturated rings. The number of aromatic nitrogens is 5. The zero-order valence-electron chi connectivity index (χ0n) is 14.5. The average Bonchev–Trinajstić information content (AvgIpc) is 3.42. The molecule has 27 heavy (non-hydrogen) atoms. The first kappa shape index (κ1) is 16.7. The number of amides is 1. The maximum Gasteiger partial charge on any atom is 0.251 e. The van der Waals surface area contributed by atoms with E-state index in [2.05, 4.69) is 25.6 Å². The van der Waals surface area contributed by atoms with Crippen molar-refractivity contribution in [2.75, 3.05) is 0 Å². The highest BCUT2D eigenvalue weighted by molar-refractivity contribution is 5.94. The molecule has 9 nitrogen and oxygen atoms in total. The molecule has 0 spiro atoms. The zero-order valence-corrected chi connectivity index (χ0v) is 14.5. The molecule has 9 heteroatoms. The van der Waals surface area contributed by atoms with E-state index in [1.54, 1.807) is 37.6 Å². The molecule has 0 bridgehead atoms. The molecular weight excluding hydrogens is 348 g/mol. The highest BCUT2D eigenvalue weighted by Gasteiger charge is 2.13. The molecule has 3 heterocycles. The Hall–Kier alpha value is -3.75. The molecule has 0 unspecified atom stereocenters. The van der Waals surface area contributed by atoms with Crippen LogP contribution in [0.25, 0.3) is 11.5 Å². The highest BCUT2D eigenvalue weighted by atomic mass is 16.5. The largest absolute Gasteiger partial charge is 0.361 e. The minimum Gasteiger partial charge on any atom is -0.361 e. The van der Waals surface area contributed by atoms with E-state index in [1.807, 2.05) is 22.9 Å². The summed E-state index contributed by atoms with van der Waals surface area (Å²) in [6, 6.07) is 9.08. The molecule has 1 amide bonds. The Labute approximate surface area is 154 Å². The van der Waals surface area contributed by atoms with Gasteiger partial charge >= 0.3 is 0 Å². The number of carbonyl (C=O) groups excluding carboxylic acids is 1. The van der Waals surface area contributed by atoms with E-state index < -0.39 is 0 Å². The van der Waals surface area contributed by atoms with Gasteiger partial charge in [0.15, 0.2) is 5.69 Å². The number of benzene rings is 1. The van der Waals surface area contributed by atoms with Crippen molar-refractivity contribution in [3.63, 3.8) is 0 Å². The first-order chi connectivity index (χ1) is 13.2. The van der Waals surface area contributed by atoms with Gasteiger partial charge in [0, 0.05) is 30.6 Å². The maximum atomic E-state index is 12.3. The standard InChI is InChI=1S/C18H16N6O3/c1-12-8-15(22-26-12)17-21-16(27-23-17)9-20-18(25)14-4-2-13(3-5-14)10-24-7-6-19-11-24/h2-8,11H,9-10H2,1H3,(H,20,25). The van der Waals surface area contributed by atoms with Crippen LogP contribution in [0.4, 0.5) is 0 Å². The summed E-state index contributed by atoms with van der Waals surface area (Å²) < 4.78 is 12.1. The molecule has 136 valence electrons. The van der Waals surface area contributed by atoms with Gasteiger partial charge in [-0.3, -0.25) is 4.79 Å². The average molecular weight is 364 g/mol. The molecule has 0 atom stereocenters. The molecule has 1 aromatic carbocycles. The second-order valence-corrected chi connectivity index (χ2v) is 5.95. The SMILES string of the molecule is Cc1cc(-c2noc(CNC(=O)c3ccc(Cn4ccnc4)cc3)n2)no1.